The van der Waals surface area contributed by atoms with Crippen molar-refractivity contribution in [2.24, 2.45) is 5.41 Å². The van der Waals surface area contributed by atoms with Gasteiger partial charge in [-0.2, -0.15) is 0 Å². The minimum absolute atomic E-state index is 0.149. The largest absolute Gasteiger partial charge is 0.481 e. The maximum Gasteiger partial charge on any atom is 0.311 e. The van der Waals surface area contributed by atoms with E-state index in [9.17, 15) is 9.59 Å². The number of carboxylic acid groups (broad SMARTS) is 1. The van der Waals surface area contributed by atoms with Crippen LogP contribution in [0.1, 0.15) is 32.4 Å². The summed E-state index contributed by atoms with van der Waals surface area (Å²) in [4.78, 5) is 22.6. The zero-order chi connectivity index (χ0) is 13.6. The van der Waals surface area contributed by atoms with Crippen LogP contribution in [0, 0.1) is 5.41 Å². The molecule has 1 amide bonds. The number of carbonyl (C=O) groups is 2. The molecule has 18 heavy (non-hydrogen) atoms. The number of carboxylic acids is 1. The van der Waals surface area contributed by atoms with Gasteiger partial charge in [0.15, 0.2) is 0 Å². The van der Waals surface area contributed by atoms with Gasteiger partial charge in [0.05, 0.1) is 11.7 Å². The molecule has 5 nitrogen and oxygen atoms in total. The molecule has 0 aromatic carbocycles. The Balaban J connectivity index is 2.34. The Hall–Kier alpha value is -1.78. The number of furan rings is 1. The van der Waals surface area contributed by atoms with Crippen LogP contribution < -0.4 is 5.32 Å². The van der Waals surface area contributed by atoms with Crippen LogP contribution in [-0.2, 0) is 16.0 Å². The summed E-state index contributed by atoms with van der Waals surface area (Å²) in [7, 11) is 0. The summed E-state index contributed by atoms with van der Waals surface area (Å²) in [5.41, 5.74) is -0.902. The maximum absolute atomic E-state index is 11.6. The lowest BCUT2D eigenvalue weighted by Gasteiger charge is -2.23. The van der Waals surface area contributed by atoms with Crippen molar-refractivity contribution >= 4 is 11.9 Å². The minimum atomic E-state index is -0.902. The van der Waals surface area contributed by atoms with Gasteiger partial charge in [-0.3, -0.25) is 9.59 Å². The molecule has 0 saturated heterocycles. The highest BCUT2D eigenvalue weighted by Crippen LogP contribution is 2.19. The van der Waals surface area contributed by atoms with Crippen LogP contribution in [0.15, 0.2) is 22.8 Å². The van der Waals surface area contributed by atoms with Gasteiger partial charge in [-0.05, 0) is 25.5 Å². The third-order valence-electron chi connectivity index (χ3n) is 3.15. The van der Waals surface area contributed by atoms with Crippen LogP contribution in [0.5, 0.6) is 0 Å². The number of rotatable bonds is 7. The zero-order valence-electron chi connectivity index (χ0n) is 10.7. The fourth-order valence-corrected chi connectivity index (χ4v) is 1.43. The minimum Gasteiger partial charge on any atom is -0.481 e. The monoisotopic (exact) mass is 253 g/mol. The van der Waals surface area contributed by atoms with Crippen molar-refractivity contribution in [3.05, 3.63) is 24.2 Å². The molecule has 1 atom stereocenters. The van der Waals surface area contributed by atoms with E-state index in [4.69, 9.17) is 9.52 Å². The lowest BCUT2D eigenvalue weighted by atomic mass is 9.87. The van der Waals surface area contributed by atoms with E-state index in [1.807, 2.05) is 0 Å². The van der Waals surface area contributed by atoms with Gasteiger partial charge in [-0.25, -0.2) is 0 Å². The smallest absolute Gasteiger partial charge is 0.311 e. The van der Waals surface area contributed by atoms with Crippen molar-refractivity contribution < 1.29 is 19.1 Å². The summed E-state index contributed by atoms with van der Waals surface area (Å²) in [6, 6.07) is 3.58. The third-order valence-corrected chi connectivity index (χ3v) is 3.15. The molecule has 0 spiro atoms. The lowest BCUT2D eigenvalue weighted by molar-refractivity contribution is -0.148. The Morgan fingerprint density at radius 2 is 2.22 bits per heavy atom. The molecule has 1 heterocycles. The molecule has 0 saturated carbocycles. The molecule has 0 aliphatic rings. The molecule has 0 radical (unpaired) electrons. The van der Waals surface area contributed by atoms with Crippen molar-refractivity contribution in [3.63, 3.8) is 0 Å². The molecule has 0 fully saturated rings. The topological polar surface area (TPSA) is 79.5 Å². The molecule has 100 valence electrons. The number of amides is 1. The van der Waals surface area contributed by atoms with E-state index in [0.717, 1.165) is 5.76 Å². The van der Waals surface area contributed by atoms with E-state index >= 15 is 0 Å². The van der Waals surface area contributed by atoms with Gasteiger partial charge in [0.2, 0.25) is 5.91 Å². The first kappa shape index (κ1) is 14.3. The molecule has 2 N–H and O–H groups in total. The summed E-state index contributed by atoms with van der Waals surface area (Å²) in [6.45, 7) is 3.57. The average Bonchev–Trinajstić information content (AvgIpc) is 2.86. The third kappa shape index (κ3) is 3.91. The summed E-state index contributed by atoms with van der Waals surface area (Å²) in [5.74, 6) is -0.301. The number of aryl methyl sites for hydroxylation is 1. The molecule has 0 aliphatic carbocycles. The quantitative estimate of drug-likeness (QED) is 0.777. The normalized spacial score (nSPS) is 13.9. The number of hydrogen-bond donors (Lipinski definition) is 2. The highest BCUT2D eigenvalue weighted by molar-refractivity contribution is 5.78. The molecule has 0 aliphatic heterocycles. The molecular weight excluding hydrogens is 234 g/mol. The van der Waals surface area contributed by atoms with Crippen LogP contribution in [0.4, 0.5) is 0 Å². The van der Waals surface area contributed by atoms with Crippen molar-refractivity contribution in [3.8, 4) is 0 Å². The summed E-state index contributed by atoms with van der Waals surface area (Å²) in [5, 5.41) is 11.7. The van der Waals surface area contributed by atoms with Crippen LogP contribution in [-0.4, -0.2) is 23.5 Å². The Morgan fingerprint density at radius 1 is 1.50 bits per heavy atom. The number of hydrogen-bond acceptors (Lipinski definition) is 3. The number of aliphatic carboxylic acids is 1. The second kappa shape index (κ2) is 6.23. The highest BCUT2D eigenvalue weighted by atomic mass is 16.4. The van der Waals surface area contributed by atoms with Crippen molar-refractivity contribution in [1.82, 2.24) is 5.32 Å². The van der Waals surface area contributed by atoms with E-state index in [2.05, 4.69) is 5.32 Å². The Morgan fingerprint density at radius 3 is 2.72 bits per heavy atom. The van der Waals surface area contributed by atoms with Gasteiger partial charge in [-0.15, -0.1) is 0 Å². The average molecular weight is 253 g/mol. The summed E-state index contributed by atoms with van der Waals surface area (Å²) >= 11 is 0. The SMILES string of the molecule is CCC(C)(CNC(=O)CCc1ccco1)C(=O)O. The number of carbonyl (C=O) groups excluding carboxylic acids is 1. The maximum atomic E-state index is 11.6. The van der Waals surface area contributed by atoms with Gasteiger partial charge < -0.3 is 14.8 Å². The van der Waals surface area contributed by atoms with E-state index < -0.39 is 11.4 Å². The standard InChI is InChI=1S/C13H19NO4/c1-3-13(2,12(16)17)9-14-11(15)7-6-10-5-4-8-18-10/h4-5,8H,3,6-7,9H2,1-2H3,(H,14,15)(H,16,17). The molecule has 1 aromatic heterocycles. The van der Waals surface area contributed by atoms with E-state index in [0.29, 0.717) is 19.3 Å². The Bertz CT molecular complexity index is 399. The first-order valence-corrected chi connectivity index (χ1v) is 6.00. The highest BCUT2D eigenvalue weighted by Gasteiger charge is 2.31. The second-order valence-electron chi connectivity index (χ2n) is 4.58. The van der Waals surface area contributed by atoms with Crippen LogP contribution in [0.3, 0.4) is 0 Å². The lowest BCUT2D eigenvalue weighted by Crippen LogP contribution is -2.40. The molecule has 5 heteroatoms. The predicted molar refractivity (Wildman–Crippen MR) is 66.1 cm³/mol. The Kier molecular flexibility index (Phi) is 4.95. The molecule has 1 aromatic rings. The Labute approximate surface area is 106 Å². The fraction of sp³-hybridized carbons (Fsp3) is 0.538. The molecule has 1 unspecified atom stereocenters. The van der Waals surface area contributed by atoms with E-state index in [1.54, 1.807) is 32.2 Å². The zero-order valence-corrected chi connectivity index (χ0v) is 10.7. The van der Waals surface area contributed by atoms with Gasteiger partial charge >= 0.3 is 5.97 Å². The number of nitrogens with one attached hydrogen (secondary N) is 1. The first-order chi connectivity index (χ1) is 8.48. The van der Waals surface area contributed by atoms with Gasteiger partial charge in [0, 0.05) is 19.4 Å². The van der Waals surface area contributed by atoms with E-state index in [1.165, 1.54) is 0 Å². The molecule has 0 bridgehead atoms. The predicted octanol–water partition coefficient (Wildman–Crippen LogP) is 1.83. The summed E-state index contributed by atoms with van der Waals surface area (Å²) < 4.78 is 5.11. The van der Waals surface area contributed by atoms with Crippen molar-refractivity contribution in [2.45, 2.75) is 33.1 Å². The van der Waals surface area contributed by atoms with Crippen molar-refractivity contribution in [2.75, 3.05) is 6.54 Å². The second-order valence-corrected chi connectivity index (χ2v) is 4.58. The van der Waals surface area contributed by atoms with Crippen LogP contribution in [0.2, 0.25) is 0 Å². The van der Waals surface area contributed by atoms with Crippen LogP contribution >= 0.6 is 0 Å². The summed E-state index contributed by atoms with van der Waals surface area (Å²) in [6.07, 6.45) is 2.86. The van der Waals surface area contributed by atoms with Crippen LogP contribution in [0.25, 0.3) is 0 Å². The van der Waals surface area contributed by atoms with Gasteiger partial charge in [0.25, 0.3) is 0 Å². The molecule has 1 rings (SSSR count). The van der Waals surface area contributed by atoms with E-state index in [-0.39, 0.29) is 12.5 Å². The van der Waals surface area contributed by atoms with Crippen molar-refractivity contribution in [1.29, 1.82) is 0 Å². The molecular formula is C13H19NO4. The van der Waals surface area contributed by atoms with Gasteiger partial charge in [-0.1, -0.05) is 6.92 Å². The first-order valence-electron chi connectivity index (χ1n) is 6.00. The fourth-order valence-electron chi connectivity index (χ4n) is 1.43. The van der Waals surface area contributed by atoms with Gasteiger partial charge in [0.1, 0.15) is 5.76 Å².